The molecular weight excluding hydrogens is 268 g/mol. The van der Waals surface area contributed by atoms with Gasteiger partial charge in [-0.3, -0.25) is 4.79 Å². The van der Waals surface area contributed by atoms with Gasteiger partial charge in [0.1, 0.15) is 0 Å². The molecule has 0 bridgehead atoms. The average molecular weight is 290 g/mol. The number of carbonyl (C=O) groups is 2. The molecule has 2 rings (SSSR count). The molecule has 5 heteroatoms. The number of amides is 1. The minimum atomic E-state index is -0.330. The highest BCUT2D eigenvalue weighted by Crippen LogP contribution is 2.18. The van der Waals surface area contributed by atoms with E-state index in [0.29, 0.717) is 23.8 Å². The van der Waals surface area contributed by atoms with Crippen molar-refractivity contribution in [1.29, 1.82) is 0 Å². The maximum absolute atomic E-state index is 12.1. The molecule has 1 amide bonds. The SMILES string of the molecule is CCCOC(=O)c1ccc(NC(=O)C(C)C2CNC2)cc1. The highest BCUT2D eigenvalue weighted by molar-refractivity contribution is 5.94. The fraction of sp³-hybridized carbons (Fsp3) is 0.500. The largest absolute Gasteiger partial charge is 0.462 e. The van der Waals surface area contributed by atoms with E-state index in [1.165, 1.54) is 0 Å². The van der Waals surface area contributed by atoms with Crippen LogP contribution in [0.2, 0.25) is 0 Å². The predicted octanol–water partition coefficient (Wildman–Crippen LogP) is 2.05. The number of benzene rings is 1. The number of hydrogen-bond acceptors (Lipinski definition) is 4. The molecule has 0 aliphatic carbocycles. The normalized spacial score (nSPS) is 15.9. The van der Waals surface area contributed by atoms with E-state index >= 15 is 0 Å². The first-order valence-corrected chi connectivity index (χ1v) is 7.40. The Kier molecular flexibility index (Phi) is 5.33. The molecular formula is C16H22N2O3. The summed E-state index contributed by atoms with van der Waals surface area (Å²) in [4.78, 5) is 23.7. The Labute approximate surface area is 125 Å². The fourth-order valence-electron chi connectivity index (χ4n) is 2.10. The van der Waals surface area contributed by atoms with E-state index in [9.17, 15) is 9.59 Å². The monoisotopic (exact) mass is 290 g/mol. The second-order valence-electron chi connectivity index (χ2n) is 5.41. The van der Waals surface area contributed by atoms with E-state index < -0.39 is 0 Å². The zero-order valence-corrected chi connectivity index (χ0v) is 12.5. The summed E-state index contributed by atoms with van der Waals surface area (Å²) < 4.78 is 5.06. The molecule has 0 radical (unpaired) electrons. The van der Waals surface area contributed by atoms with Crippen LogP contribution in [-0.2, 0) is 9.53 Å². The summed E-state index contributed by atoms with van der Waals surface area (Å²) >= 11 is 0. The number of nitrogens with one attached hydrogen (secondary N) is 2. The van der Waals surface area contributed by atoms with E-state index in [-0.39, 0.29) is 17.8 Å². The zero-order chi connectivity index (χ0) is 15.2. The molecule has 1 aliphatic rings. The van der Waals surface area contributed by atoms with Crippen molar-refractivity contribution in [3.8, 4) is 0 Å². The Balaban J connectivity index is 1.89. The van der Waals surface area contributed by atoms with Crippen LogP contribution in [0, 0.1) is 11.8 Å². The Morgan fingerprint density at radius 1 is 1.33 bits per heavy atom. The number of ether oxygens (including phenoxy) is 1. The fourth-order valence-corrected chi connectivity index (χ4v) is 2.10. The van der Waals surface area contributed by atoms with Gasteiger partial charge in [0.25, 0.3) is 0 Å². The number of esters is 1. The lowest BCUT2D eigenvalue weighted by atomic mass is 9.88. The predicted molar refractivity (Wildman–Crippen MR) is 81.2 cm³/mol. The van der Waals surface area contributed by atoms with Gasteiger partial charge in [0.05, 0.1) is 12.2 Å². The van der Waals surface area contributed by atoms with E-state index in [0.717, 1.165) is 19.5 Å². The topological polar surface area (TPSA) is 67.4 Å². The van der Waals surface area contributed by atoms with Gasteiger partial charge in [-0.1, -0.05) is 13.8 Å². The summed E-state index contributed by atoms with van der Waals surface area (Å²) in [6, 6.07) is 6.80. The van der Waals surface area contributed by atoms with Crippen LogP contribution in [0.5, 0.6) is 0 Å². The number of anilines is 1. The smallest absolute Gasteiger partial charge is 0.338 e. The Hall–Kier alpha value is -1.88. The van der Waals surface area contributed by atoms with E-state index in [1.807, 2.05) is 13.8 Å². The van der Waals surface area contributed by atoms with Gasteiger partial charge in [-0.15, -0.1) is 0 Å². The van der Waals surface area contributed by atoms with Crippen LogP contribution in [0.1, 0.15) is 30.6 Å². The molecule has 0 aromatic heterocycles. The van der Waals surface area contributed by atoms with Crippen molar-refractivity contribution in [2.45, 2.75) is 20.3 Å². The molecule has 0 saturated carbocycles. The third kappa shape index (κ3) is 4.04. The third-order valence-electron chi connectivity index (χ3n) is 3.76. The van der Waals surface area contributed by atoms with Crippen LogP contribution in [0.4, 0.5) is 5.69 Å². The second-order valence-corrected chi connectivity index (χ2v) is 5.41. The van der Waals surface area contributed by atoms with Crippen LogP contribution < -0.4 is 10.6 Å². The lowest BCUT2D eigenvalue weighted by Gasteiger charge is -2.31. The first kappa shape index (κ1) is 15.5. The van der Waals surface area contributed by atoms with Crippen molar-refractivity contribution in [3.63, 3.8) is 0 Å². The number of carbonyl (C=O) groups excluding carboxylic acids is 2. The summed E-state index contributed by atoms with van der Waals surface area (Å²) in [6.07, 6.45) is 0.799. The molecule has 114 valence electrons. The summed E-state index contributed by atoms with van der Waals surface area (Å²) in [5.74, 6) is 0.0835. The molecule has 1 atom stereocenters. The van der Waals surface area contributed by atoms with Crippen molar-refractivity contribution in [2.24, 2.45) is 11.8 Å². The second kappa shape index (κ2) is 7.22. The number of rotatable bonds is 6. The maximum atomic E-state index is 12.1. The van der Waals surface area contributed by atoms with Gasteiger partial charge in [0.15, 0.2) is 0 Å². The molecule has 1 saturated heterocycles. The van der Waals surface area contributed by atoms with E-state index in [1.54, 1.807) is 24.3 Å². The van der Waals surface area contributed by atoms with Gasteiger partial charge in [-0.05, 0) is 49.7 Å². The number of hydrogen-bond donors (Lipinski definition) is 2. The van der Waals surface area contributed by atoms with Crippen molar-refractivity contribution >= 4 is 17.6 Å². The molecule has 1 aromatic carbocycles. The van der Waals surface area contributed by atoms with Crippen LogP contribution >= 0.6 is 0 Å². The lowest BCUT2D eigenvalue weighted by Crippen LogP contribution is -2.48. The van der Waals surface area contributed by atoms with Crippen molar-refractivity contribution < 1.29 is 14.3 Å². The molecule has 2 N–H and O–H groups in total. The molecule has 1 aliphatic heterocycles. The van der Waals surface area contributed by atoms with Crippen LogP contribution in [-0.4, -0.2) is 31.6 Å². The van der Waals surface area contributed by atoms with Crippen LogP contribution in [0.25, 0.3) is 0 Å². The first-order chi connectivity index (χ1) is 10.1. The molecule has 0 spiro atoms. The van der Waals surface area contributed by atoms with E-state index in [4.69, 9.17) is 4.74 Å². The van der Waals surface area contributed by atoms with Gasteiger partial charge in [0.2, 0.25) is 5.91 Å². The summed E-state index contributed by atoms with van der Waals surface area (Å²) in [5, 5.41) is 6.05. The van der Waals surface area contributed by atoms with Gasteiger partial charge < -0.3 is 15.4 Å². The van der Waals surface area contributed by atoms with Crippen molar-refractivity contribution in [1.82, 2.24) is 5.32 Å². The van der Waals surface area contributed by atoms with Crippen molar-refractivity contribution in [3.05, 3.63) is 29.8 Å². The maximum Gasteiger partial charge on any atom is 0.338 e. The molecule has 1 fully saturated rings. The molecule has 21 heavy (non-hydrogen) atoms. The van der Waals surface area contributed by atoms with Crippen LogP contribution in [0.3, 0.4) is 0 Å². The highest BCUT2D eigenvalue weighted by atomic mass is 16.5. The van der Waals surface area contributed by atoms with Gasteiger partial charge in [-0.25, -0.2) is 4.79 Å². The van der Waals surface area contributed by atoms with Gasteiger partial charge >= 0.3 is 5.97 Å². The van der Waals surface area contributed by atoms with Gasteiger partial charge in [-0.2, -0.15) is 0 Å². The molecule has 1 heterocycles. The Bertz CT molecular complexity index is 495. The third-order valence-corrected chi connectivity index (χ3v) is 3.76. The Morgan fingerprint density at radius 2 is 2.00 bits per heavy atom. The highest BCUT2D eigenvalue weighted by Gasteiger charge is 2.28. The summed E-state index contributed by atoms with van der Waals surface area (Å²) in [6.45, 7) is 6.11. The molecule has 1 aromatic rings. The molecule has 1 unspecified atom stereocenters. The standard InChI is InChI=1S/C16H22N2O3/c1-3-8-21-16(20)12-4-6-14(7-5-12)18-15(19)11(2)13-9-17-10-13/h4-7,11,13,17H,3,8-10H2,1-2H3,(H,18,19). The minimum Gasteiger partial charge on any atom is -0.462 e. The summed E-state index contributed by atoms with van der Waals surface area (Å²) in [5.41, 5.74) is 1.20. The Morgan fingerprint density at radius 3 is 2.52 bits per heavy atom. The quantitative estimate of drug-likeness (QED) is 0.787. The van der Waals surface area contributed by atoms with Crippen molar-refractivity contribution in [2.75, 3.05) is 25.0 Å². The molecule has 5 nitrogen and oxygen atoms in total. The average Bonchev–Trinajstić information content (AvgIpc) is 2.43. The zero-order valence-electron chi connectivity index (χ0n) is 12.5. The van der Waals surface area contributed by atoms with Gasteiger partial charge in [0, 0.05) is 11.6 Å². The minimum absolute atomic E-state index is 0.0135. The van der Waals surface area contributed by atoms with Crippen LogP contribution in [0.15, 0.2) is 24.3 Å². The lowest BCUT2D eigenvalue weighted by molar-refractivity contribution is -0.121. The van der Waals surface area contributed by atoms with E-state index in [2.05, 4.69) is 10.6 Å². The summed E-state index contributed by atoms with van der Waals surface area (Å²) in [7, 11) is 0. The first-order valence-electron chi connectivity index (χ1n) is 7.40.